The van der Waals surface area contributed by atoms with E-state index >= 15 is 0 Å². The molecule has 7 nitrogen and oxygen atoms in total. The summed E-state index contributed by atoms with van der Waals surface area (Å²) in [7, 11) is 0. The maximum Gasteiger partial charge on any atom is 0.347 e. The van der Waals surface area contributed by atoms with Gasteiger partial charge >= 0.3 is 5.63 Å². The SMILES string of the molecule is Cc1ccc2oc(=O)c3cnn(CC(=O)Nc4nc(C)cs4)c3c2c1. The summed E-state index contributed by atoms with van der Waals surface area (Å²) in [5.74, 6) is -0.256. The molecule has 0 aliphatic rings. The minimum atomic E-state index is -0.464. The number of aryl methyl sites for hydroxylation is 2. The molecule has 0 saturated heterocycles. The molecule has 4 rings (SSSR count). The van der Waals surface area contributed by atoms with Crippen LogP contribution in [0.3, 0.4) is 0 Å². The number of amides is 1. The first-order valence-electron chi connectivity index (χ1n) is 7.62. The van der Waals surface area contributed by atoms with Gasteiger partial charge < -0.3 is 9.73 Å². The van der Waals surface area contributed by atoms with Crippen LogP contribution in [0.25, 0.3) is 21.9 Å². The summed E-state index contributed by atoms with van der Waals surface area (Å²) >= 11 is 1.36. The molecule has 0 atom stereocenters. The minimum Gasteiger partial charge on any atom is -0.422 e. The highest BCUT2D eigenvalue weighted by Crippen LogP contribution is 2.24. The molecule has 0 aliphatic heterocycles. The highest BCUT2D eigenvalue weighted by molar-refractivity contribution is 7.13. The number of nitrogens with one attached hydrogen (secondary N) is 1. The molecule has 8 heteroatoms. The number of carbonyl (C=O) groups is 1. The Hall–Kier alpha value is -3.00. The smallest absolute Gasteiger partial charge is 0.347 e. The molecule has 0 spiro atoms. The van der Waals surface area contributed by atoms with E-state index < -0.39 is 5.63 Å². The maximum absolute atomic E-state index is 12.3. The van der Waals surface area contributed by atoms with Gasteiger partial charge in [-0.05, 0) is 26.0 Å². The van der Waals surface area contributed by atoms with Crippen LogP contribution in [0.2, 0.25) is 0 Å². The predicted octanol–water partition coefficient (Wildman–Crippen LogP) is 2.85. The Morgan fingerprint density at radius 1 is 1.32 bits per heavy atom. The van der Waals surface area contributed by atoms with Crippen LogP contribution in [-0.2, 0) is 11.3 Å². The van der Waals surface area contributed by atoms with E-state index in [-0.39, 0.29) is 12.5 Å². The number of benzene rings is 1. The van der Waals surface area contributed by atoms with Crippen molar-refractivity contribution in [3.63, 3.8) is 0 Å². The zero-order valence-electron chi connectivity index (χ0n) is 13.6. The van der Waals surface area contributed by atoms with Crippen LogP contribution in [0.15, 0.2) is 39.0 Å². The van der Waals surface area contributed by atoms with Gasteiger partial charge in [0, 0.05) is 10.8 Å². The highest BCUT2D eigenvalue weighted by Gasteiger charge is 2.15. The van der Waals surface area contributed by atoms with Gasteiger partial charge in [0.15, 0.2) is 5.13 Å². The topological polar surface area (TPSA) is 90.0 Å². The Bertz CT molecular complexity index is 1170. The van der Waals surface area contributed by atoms with Crippen LogP contribution in [0.1, 0.15) is 11.3 Å². The number of fused-ring (bicyclic) bond motifs is 3. The van der Waals surface area contributed by atoms with E-state index in [2.05, 4.69) is 15.4 Å². The van der Waals surface area contributed by atoms with Gasteiger partial charge in [-0.3, -0.25) is 9.48 Å². The number of nitrogens with zero attached hydrogens (tertiary/aromatic N) is 3. The lowest BCUT2D eigenvalue weighted by molar-refractivity contribution is -0.116. The Balaban J connectivity index is 1.77. The summed E-state index contributed by atoms with van der Waals surface area (Å²) in [5.41, 5.74) is 2.48. The molecule has 4 aromatic rings. The predicted molar refractivity (Wildman–Crippen MR) is 96.0 cm³/mol. The molecule has 1 amide bonds. The van der Waals surface area contributed by atoms with Crippen molar-refractivity contribution in [3.05, 3.63) is 51.5 Å². The van der Waals surface area contributed by atoms with Gasteiger partial charge in [0.1, 0.15) is 17.5 Å². The lowest BCUT2D eigenvalue weighted by atomic mass is 10.1. The third-order valence-electron chi connectivity index (χ3n) is 3.81. The maximum atomic E-state index is 12.3. The van der Waals surface area contributed by atoms with E-state index in [4.69, 9.17) is 4.42 Å². The van der Waals surface area contributed by atoms with Gasteiger partial charge in [-0.25, -0.2) is 9.78 Å². The van der Waals surface area contributed by atoms with E-state index in [0.717, 1.165) is 16.6 Å². The summed E-state index contributed by atoms with van der Waals surface area (Å²) in [6.45, 7) is 3.80. The molecule has 3 heterocycles. The van der Waals surface area contributed by atoms with Crippen molar-refractivity contribution >= 4 is 44.2 Å². The molecule has 126 valence electrons. The Kier molecular flexibility index (Phi) is 3.61. The average Bonchev–Trinajstić information content (AvgIpc) is 3.15. The van der Waals surface area contributed by atoms with Gasteiger partial charge in [0.2, 0.25) is 5.91 Å². The van der Waals surface area contributed by atoms with E-state index in [1.54, 1.807) is 6.07 Å². The van der Waals surface area contributed by atoms with Crippen molar-refractivity contribution in [3.8, 4) is 0 Å². The van der Waals surface area contributed by atoms with Crippen molar-refractivity contribution < 1.29 is 9.21 Å². The quantitative estimate of drug-likeness (QED) is 0.571. The summed E-state index contributed by atoms with van der Waals surface area (Å²) < 4.78 is 6.85. The zero-order chi connectivity index (χ0) is 17.6. The molecule has 0 aliphatic carbocycles. The normalized spacial score (nSPS) is 11.3. The molecule has 0 radical (unpaired) electrons. The van der Waals surface area contributed by atoms with E-state index in [1.165, 1.54) is 22.2 Å². The molecule has 25 heavy (non-hydrogen) atoms. The van der Waals surface area contributed by atoms with Crippen molar-refractivity contribution in [2.45, 2.75) is 20.4 Å². The average molecular weight is 354 g/mol. The largest absolute Gasteiger partial charge is 0.422 e. The summed E-state index contributed by atoms with van der Waals surface area (Å²) in [6, 6.07) is 5.54. The zero-order valence-corrected chi connectivity index (χ0v) is 14.4. The van der Waals surface area contributed by atoms with Gasteiger partial charge in [0.25, 0.3) is 0 Å². The third kappa shape index (κ3) is 2.80. The number of hydrogen-bond acceptors (Lipinski definition) is 6. The van der Waals surface area contributed by atoms with Crippen LogP contribution < -0.4 is 10.9 Å². The fraction of sp³-hybridized carbons (Fsp3) is 0.176. The van der Waals surface area contributed by atoms with Crippen LogP contribution in [0, 0.1) is 13.8 Å². The van der Waals surface area contributed by atoms with E-state index in [1.807, 2.05) is 31.4 Å². The molecular formula is C17H14N4O3S. The first kappa shape index (κ1) is 15.5. The number of anilines is 1. The number of aromatic nitrogens is 3. The van der Waals surface area contributed by atoms with Gasteiger partial charge in [-0.1, -0.05) is 11.6 Å². The second-order valence-electron chi connectivity index (χ2n) is 5.80. The Morgan fingerprint density at radius 2 is 2.16 bits per heavy atom. The van der Waals surface area contributed by atoms with E-state index in [0.29, 0.717) is 21.6 Å². The molecule has 1 N–H and O–H groups in total. The molecule has 0 unspecified atom stereocenters. The molecule has 0 bridgehead atoms. The van der Waals surface area contributed by atoms with Crippen molar-refractivity contribution in [1.29, 1.82) is 0 Å². The van der Waals surface area contributed by atoms with Gasteiger partial charge in [-0.15, -0.1) is 11.3 Å². The van der Waals surface area contributed by atoms with Crippen LogP contribution in [-0.4, -0.2) is 20.7 Å². The number of thiazole rings is 1. The van der Waals surface area contributed by atoms with Crippen molar-refractivity contribution in [2.24, 2.45) is 0 Å². The third-order valence-corrected chi connectivity index (χ3v) is 4.69. The van der Waals surface area contributed by atoms with Gasteiger partial charge in [-0.2, -0.15) is 5.10 Å². The van der Waals surface area contributed by atoms with Gasteiger partial charge in [0.05, 0.1) is 17.4 Å². The Morgan fingerprint density at radius 3 is 2.92 bits per heavy atom. The summed E-state index contributed by atoms with van der Waals surface area (Å²) in [5, 5.41) is 10.5. The highest BCUT2D eigenvalue weighted by atomic mass is 32.1. The number of carbonyl (C=O) groups excluding carboxylic acids is 1. The second kappa shape index (κ2) is 5.82. The van der Waals surface area contributed by atoms with Crippen molar-refractivity contribution in [1.82, 2.24) is 14.8 Å². The van der Waals surface area contributed by atoms with Crippen LogP contribution in [0.4, 0.5) is 5.13 Å². The monoisotopic (exact) mass is 354 g/mol. The minimum absolute atomic E-state index is 0.0192. The second-order valence-corrected chi connectivity index (χ2v) is 6.65. The summed E-state index contributed by atoms with van der Waals surface area (Å²) in [6.07, 6.45) is 1.43. The van der Waals surface area contributed by atoms with Crippen LogP contribution >= 0.6 is 11.3 Å². The lowest BCUT2D eigenvalue weighted by Gasteiger charge is -2.06. The first-order chi connectivity index (χ1) is 12.0. The standard InChI is InChI=1S/C17H14N4O3S/c1-9-3-4-13-11(5-9)15-12(16(23)24-13)6-18-21(15)7-14(22)20-17-19-10(2)8-25-17/h3-6,8H,7H2,1-2H3,(H,19,20,22). The Labute approximate surface area is 145 Å². The number of rotatable bonds is 3. The fourth-order valence-corrected chi connectivity index (χ4v) is 3.42. The summed E-state index contributed by atoms with van der Waals surface area (Å²) in [4.78, 5) is 28.7. The molecule has 0 saturated carbocycles. The van der Waals surface area contributed by atoms with Crippen LogP contribution in [0.5, 0.6) is 0 Å². The molecular weight excluding hydrogens is 340 g/mol. The van der Waals surface area contributed by atoms with E-state index in [9.17, 15) is 9.59 Å². The lowest BCUT2D eigenvalue weighted by Crippen LogP contribution is -2.19. The molecule has 1 aromatic carbocycles. The number of hydrogen-bond donors (Lipinski definition) is 1. The molecule has 0 fully saturated rings. The molecule has 3 aromatic heterocycles. The first-order valence-corrected chi connectivity index (χ1v) is 8.50. The fourth-order valence-electron chi connectivity index (χ4n) is 2.72. The van der Waals surface area contributed by atoms with Crippen molar-refractivity contribution in [2.75, 3.05) is 5.32 Å².